The molecule has 0 bridgehead atoms. The van der Waals surface area contributed by atoms with Crippen LogP contribution in [-0.4, -0.2) is 20.7 Å². The smallest absolute Gasteiger partial charge is 0.266 e. The lowest BCUT2D eigenvalue weighted by Crippen LogP contribution is -2.19. The summed E-state index contributed by atoms with van der Waals surface area (Å²) in [6.07, 6.45) is 0.625. The second-order valence-corrected chi connectivity index (χ2v) is 7.70. The van der Waals surface area contributed by atoms with Gasteiger partial charge in [0, 0.05) is 22.7 Å². The monoisotopic (exact) mass is 453 g/mol. The average molecular weight is 454 g/mol. The predicted molar refractivity (Wildman–Crippen MR) is 114 cm³/mol. The lowest BCUT2D eigenvalue weighted by molar-refractivity contribution is -0.116. The molecule has 3 rings (SSSR count). The van der Waals surface area contributed by atoms with Crippen molar-refractivity contribution in [3.8, 4) is 11.8 Å². The van der Waals surface area contributed by atoms with E-state index in [0.717, 1.165) is 21.4 Å². The van der Waals surface area contributed by atoms with Crippen LogP contribution in [0.5, 0.6) is 0 Å². The van der Waals surface area contributed by atoms with Gasteiger partial charge >= 0.3 is 0 Å². The highest BCUT2D eigenvalue weighted by atomic mass is 79.9. The maximum absolute atomic E-state index is 12.6. The Labute approximate surface area is 176 Å². The molecule has 0 fully saturated rings. The minimum Gasteiger partial charge on any atom is -0.325 e. The zero-order valence-corrected chi connectivity index (χ0v) is 17.9. The molecule has 0 saturated heterocycles. The number of nitriles is 1. The minimum atomic E-state index is -0.399. The number of pyridine rings is 1. The summed E-state index contributed by atoms with van der Waals surface area (Å²) >= 11 is 3.45. The van der Waals surface area contributed by atoms with Crippen molar-refractivity contribution in [1.29, 1.82) is 5.26 Å². The third kappa shape index (κ3) is 4.46. The molecule has 2 heterocycles. The molecule has 8 heteroatoms. The minimum absolute atomic E-state index is 0.0920. The summed E-state index contributed by atoms with van der Waals surface area (Å²) in [5.74, 6) is 0.405. The van der Waals surface area contributed by atoms with Crippen molar-refractivity contribution in [2.75, 3.05) is 5.32 Å². The Bertz CT molecular complexity index is 1190. The summed E-state index contributed by atoms with van der Waals surface area (Å²) in [5.41, 5.74) is 3.41. The van der Waals surface area contributed by atoms with Crippen LogP contribution in [-0.2, 0) is 11.2 Å². The summed E-state index contributed by atoms with van der Waals surface area (Å²) in [7, 11) is 0. The standard InChI is InChI=1S/C21H20BrN5O2/c1-12-9-19(27(26-12)16-6-4-5-15(22)10-16)25-20(28)8-7-17-13(2)18(11-23)21(29)24-14(17)3/h4-6,9-10H,7-8H2,1-3H3,(H,24,29)(H,25,28). The molecule has 0 atom stereocenters. The molecule has 0 radical (unpaired) electrons. The van der Waals surface area contributed by atoms with Crippen LogP contribution in [0.4, 0.5) is 5.82 Å². The van der Waals surface area contributed by atoms with Gasteiger partial charge < -0.3 is 10.3 Å². The number of amides is 1. The molecular weight excluding hydrogens is 434 g/mol. The highest BCUT2D eigenvalue weighted by Crippen LogP contribution is 2.21. The number of hydrogen-bond acceptors (Lipinski definition) is 4. The normalized spacial score (nSPS) is 10.6. The zero-order chi connectivity index (χ0) is 21.1. The van der Waals surface area contributed by atoms with E-state index in [4.69, 9.17) is 0 Å². The number of aryl methyl sites for hydroxylation is 2. The van der Waals surface area contributed by atoms with E-state index < -0.39 is 5.56 Å². The van der Waals surface area contributed by atoms with Crippen LogP contribution in [0.3, 0.4) is 0 Å². The summed E-state index contributed by atoms with van der Waals surface area (Å²) in [4.78, 5) is 27.1. The van der Waals surface area contributed by atoms with Gasteiger partial charge in [-0.15, -0.1) is 0 Å². The van der Waals surface area contributed by atoms with Crippen molar-refractivity contribution in [3.63, 3.8) is 0 Å². The van der Waals surface area contributed by atoms with Crippen molar-refractivity contribution in [2.45, 2.75) is 33.6 Å². The van der Waals surface area contributed by atoms with E-state index in [9.17, 15) is 14.9 Å². The van der Waals surface area contributed by atoms with Gasteiger partial charge in [-0.3, -0.25) is 9.59 Å². The lowest BCUT2D eigenvalue weighted by atomic mass is 9.99. The Morgan fingerprint density at radius 3 is 2.76 bits per heavy atom. The molecule has 0 spiro atoms. The predicted octanol–water partition coefficient (Wildman–Crippen LogP) is 3.69. The van der Waals surface area contributed by atoms with Crippen molar-refractivity contribution >= 4 is 27.7 Å². The van der Waals surface area contributed by atoms with Gasteiger partial charge in [0.15, 0.2) is 0 Å². The first-order valence-corrected chi connectivity index (χ1v) is 9.84. The quantitative estimate of drug-likeness (QED) is 0.614. The number of benzene rings is 1. The number of nitrogens with zero attached hydrogens (tertiary/aromatic N) is 3. The molecule has 0 aliphatic rings. The lowest BCUT2D eigenvalue weighted by Gasteiger charge is -2.12. The maximum Gasteiger partial charge on any atom is 0.266 e. The molecule has 29 heavy (non-hydrogen) atoms. The molecule has 148 valence electrons. The molecule has 1 aromatic carbocycles. The Kier molecular flexibility index (Phi) is 5.99. The summed E-state index contributed by atoms with van der Waals surface area (Å²) in [5, 5.41) is 16.6. The number of carbonyl (C=O) groups excluding carboxylic acids is 1. The van der Waals surface area contributed by atoms with E-state index in [2.05, 4.69) is 31.3 Å². The highest BCUT2D eigenvalue weighted by Gasteiger charge is 2.15. The van der Waals surface area contributed by atoms with Crippen LogP contribution in [0.1, 0.15) is 34.5 Å². The number of nitrogens with one attached hydrogen (secondary N) is 2. The van der Waals surface area contributed by atoms with Gasteiger partial charge in [-0.2, -0.15) is 10.4 Å². The van der Waals surface area contributed by atoms with Crippen molar-refractivity contribution in [1.82, 2.24) is 14.8 Å². The second kappa shape index (κ2) is 8.45. The molecule has 0 saturated carbocycles. The third-order valence-corrected chi connectivity index (χ3v) is 5.17. The molecule has 0 aliphatic carbocycles. The SMILES string of the molecule is Cc1cc(NC(=O)CCc2c(C)[nH]c(=O)c(C#N)c2C)n(-c2cccc(Br)c2)n1. The number of rotatable bonds is 5. The van der Waals surface area contributed by atoms with E-state index in [1.54, 1.807) is 18.5 Å². The summed E-state index contributed by atoms with van der Waals surface area (Å²) in [6.45, 7) is 5.37. The van der Waals surface area contributed by atoms with Gasteiger partial charge in [0.25, 0.3) is 5.56 Å². The number of H-pyrrole nitrogens is 1. The number of anilines is 1. The fourth-order valence-corrected chi connectivity index (χ4v) is 3.64. The Morgan fingerprint density at radius 1 is 1.31 bits per heavy atom. The van der Waals surface area contributed by atoms with E-state index in [-0.39, 0.29) is 17.9 Å². The number of carbonyl (C=O) groups is 1. The van der Waals surface area contributed by atoms with E-state index in [1.165, 1.54) is 0 Å². The van der Waals surface area contributed by atoms with Gasteiger partial charge in [-0.05, 0) is 56.5 Å². The molecule has 0 aliphatic heterocycles. The van der Waals surface area contributed by atoms with Gasteiger partial charge in [-0.1, -0.05) is 22.0 Å². The van der Waals surface area contributed by atoms with Crippen molar-refractivity contribution < 1.29 is 4.79 Å². The second-order valence-electron chi connectivity index (χ2n) is 6.78. The zero-order valence-electron chi connectivity index (χ0n) is 16.3. The molecule has 2 N–H and O–H groups in total. The van der Waals surface area contributed by atoms with Crippen LogP contribution >= 0.6 is 15.9 Å². The van der Waals surface area contributed by atoms with Crippen LogP contribution in [0.25, 0.3) is 5.69 Å². The summed E-state index contributed by atoms with van der Waals surface area (Å²) in [6, 6.07) is 11.4. The first-order valence-electron chi connectivity index (χ1n) is 9.05. The Morgan fingerprint density at radius 2 is 2.07 bits per heavy atom. The fourth-order valence-electron chi connectivity index (χ4n) is 3.26. The molecule has 1 amide bonds. The first-order chi connectivity index (χ1) is 13.8. The van der Waals surface area contributed by atoms with E-state index >= 15 is 0 Å². The van der Waals surface area contributed by atoms with Gasteiger partial charge in [0.05, 0.1) is 11.4 Å². The van der Waals surface area contributed by atoms with E-state index in [1.807, 2.05) is 43.3 Å². The van der Waals surface area contributed by atoms with Gasteiger partial charge in [-0.25, -0.2) is 4.68 Å². The highest BCUT2D eigenvalue weighted by molar-refractivity contribution is 9.10. The van der Waals surface area contributed by atoms with Gasteiger partial charge in [0.2, 0.25) is 5.91 Å². The molecule has 2 aromatic heterocycles. The van der Waals surface area contributed by atoms with Crippen LogP contribution < -0.4 is 10.9 Å². The molecular formula is C21H20BrN5O2. The van der Waals surface area contributed by atoms with Crippen LogP contribution in [0, 0.1) is 32.1 Å². The van der Waals surface area contributed by atoms with Gasteiger partial charge in [0.1, 0.15) is 17.5 Å². The molecule has 3 aromatic rings. The number of halogens is 1. The number of aromatic nitrogens is 3. The van der Waals surface area contributed by atoms with Crippen molar-refractivity contribution in [2.24, 2.45) is 0 Å². The largest absolute Gasteiger partial charge is 0.325 e. The number of hydrogen-bond donors (Lipinski definition) is 2. The number of aromatic amines is 1. The Balaban J connectivity index is 1.78. The van der Waals surface area contributed by atoms with Crippen LogP contribution in [0.15, 0.2) is 39.6 Å². The Hall–Kier alpha value is -3.18. The molecule has 7 nitrogen and oxygen atoms in total. The topological polar surface area (TPSA) is 104 Å². The summed E-state index contributed by atoms with van der Waals surface area (Å²) < 4.78 is 2.60. The maximum atomic E-state index is 12.6. The van der Waals surface area contributed by atoms with Crippen LogP contribution in [0.2, 0.25) is 0 Å². The fraction of sp³-hybridized carbons (Fsp3) is 0.238. The van der Waals surface area contributed by atoms with E-state index in [0.29, 0.717) is 23.5 Å². The molecule has 0 unspecified atom stereocenters. The van der Waals surface area contributed by atoms with Crippen molar-refractivity contribution in [3.05, 3.63) is 73.2 Å². The average Bonchev–Trinajstić information content (AvgIpc) is 3.01. The first kappa shape index (κ1) is 20.6. The third-order valence-electron chi connectivity index (χ3n) is 4.67.